The van der Waals surface area contributed by atoms with Crippen molar-refractivity contribution in [2.45, 2.75) is 6.61 Å². The van der Waals surface area contributed by atoms with E-state index < -0.39 is 0 Å². The Balaban J connectivity index is 1.88. The predicted molar refractivity (Wildman–Crippen MR) is 81.4 cm³/mol. The van der Waals surface area contributed by atoms with Gasteiger partial charge in [-0.3, -0.25) is 4.79 Å². The van der Waals surface area contributed by atoms with Gasteiger partial charge >= 0.3 is 0 Å². The molecule has 2 aromatic rings. The van der Waals surface area contributed by atoms with Gasteiger partial charge in [0.25, 0.3) is 5.91 Å². The number of amides is 1. The summed E-state index contributed by atoms with van der Waals surface area (Å²) in [5.41, 5.74) is 0. The van der Waals surface area contributed by atoms with Gasteiger partial charge in [-0.05, 0) is 40.2 Å². The topological polar surface area (TPSA) is 60.7 Å². The van der Waals surface area contributed by atoms with Gasteiger partial charge in [0.15, 0.2) is 5.76 Å². The van der Waals surface area contributed by atoms with Gasteiger partial charge in [0.2, 0.25) is 0 Å². The summed E-state index contributed by atoms with van der Waals surface area (Å²) in [5.74, 6) is 1.30. The van der Waals surface area contributed by atoms with Gasteiger partial charge in [0.1, 0.15) is 18.1 Å². The summed E-state index contributed by atoms with van der Waals surface area (Å²) in [6, 6.07) is 10.9. The van der Waals surface area contributed by atoms with Crippen molar-refractivity contribution in [3.63, 3.8) is 0 Å². The van der Waals surface area contributed by atoms with Gasteiger partial charge in [0.05, 0.1) is 11.1 Å². The minimum absolute atomic E-state index is 0.258. The van der Waals surface area contributed by atoms with Crippen LogP contribution in [-0.4, -0.2) is 26.2 Å². The molecule has 0 atom stereocenters. The van der Waals surface area contributed by atoms with Crippen LogP contribution in [0.5, 0.6) is 5.75 Å². The molecule has 0 aliphatic rings. The van der Waals surface area contributed by atoms with E-state index in [2.05, 4.69) is 21.2 Å². The molecule has 21 heavy (non-hydrogen) atoms. The molecule has 0 radical (unpaired) electrons. The summed E-state index contributed by atoms with van der Waals surface area (Å²) < 4.78 is 16.8. The van der Waals surface area contributed by atoms with Gasteiger partial charge in [-0.1, -0.05) is 12.1 Å². The maximum absolute atomic E-state index is 11.8. The number of methoxy groups -OCH3 is 1. The molecule has 1 aromatic heterocycles. The Morgan fingerprint density at radius 3 is 2.86 bits per heavy atom. The van der Waals surface area contributed by atoms with Crippen molar-refractivity contribution in [1.82, 2.24) is 5.32 Å². The first-order chi connectivity index (χ1) is 10.2. The maximum Gasteiger partial charge on any atom is 0.287 e. The summed E-state index contributed by atoms with van der Waals surface area (Å²) in [5, 5.41) is 2.69. The van der Waals surface area contributed by atoms with E-state index in [0.717, 1.165) is 10.2 Å². The fraction of sp³-hybridized carbons (Fsp3) is 0.267. The minimum Gasteiger partial charge on any atom is -0.484 e. The number of para-hydroxylation sites is 1. The molecule has 2 rings (SSSR count). The Hall–Kier alpha value is -1.79. The molecule has 1 N–H and O–H groups in total. The van der Waals surface area contributed by atoms with Crippen LogP contribution >= 0.6 is 15.9 Å². The normalized spacial score (nSPS) is 10.4. The molecule has 1 aromatic carbocycles. The Morgan fingerprint density at radius 2 is 2.10 bits per heavy atom. The third-order valence-corrected chi connectivity index (χ3v) is 3.34. The van der Waals surface area contributed by atoms with Crippen molar-refractivity contribution >= 4 is 21.8 Å². The first-order valence-electron chi connectivity index (χ1n) is 6.44. The largest absolute Gasteiger partial charge is 0.484 e. The smallest absolute Gasteiger partial charge is 0.287 e. The number of furan rings is 1. The van der Waals surface area contributed by atoms with Crippen LogP contribution in [0.1, 0.15) is 16.3 Å². The molecule has 0 aliphatic heterocycles. The average Bonchev–Trinajstić information content (AvgIpc) is 2.95. The zero-order valence-corrected chi connectivity index (χ0v) is 13.2. The molecule has 5 nitrogen and oxygen atoms in total. The van der Waals surface area contributed by atoms with E-state index in [1.54, 1.807) is 19.2 Å². The summed E-state index contributed by atoms with van der Waals surface area (Å²) >= 11 is 3.40. The lowest BCUT2D eigenvalue weighted by Gasteiger charge is -2.06. The standard InChI is InChI=1S/C15H16BrNO4/c1-19-9-8-17-15(18)14-7-6-11(21-14)10-20-13-5-3-2-4-12(13)16/h2-7H,8-10H2,1H3,(H,17,18). The van der Waals surface area contributed by atoms with Crippen molar-refractivity contribution in [2.24, 2.45) is 0 Å². The van der Waals surface area contributed by atoms with Gasteiger partial charge in [0, 0.05) is 13.7 Å². The lowest BCUT2D eigenvalue weighted by Crippen LogP contribution is -2.26. The summed E-state index contributed by atoms with van der Waals surface area (Å²) in [6.07, 6.45) is 0. The van der Waals surface area contributed by atoms with Crippen LogP contribution in [0.25, 0.3) is 0 Å². The first kappa shape index (κ1) is 15.6. The molecule has 0 saturated heterocycles. The van der Waals surface area contributed by atoms with Crippen LogP contribution in [0.2, 0.25) is 0 Å². The number of carbonyl (C=O) groups excluding carboxylic acids is 1. The van der Waals surface area contributed by atoms with E-state index in [0.29, 0.717) is 18.9 Å². The Labute approximate surface area is 131 Å². The molecular formula is C15H16BrNO4. The van der Waals surface area contributed by atoms with E-state index >= 15 is 0 Å². The van der Waals surface area contributed by atoms with Crippen LogP contribution in [0.3, 0.4) is 0 Å². The summed E-state index contributed by atoms with van der Waals surface area (Å²) in [6.45, 7) is 1.16. The van der Waals surface area contributed by atoms with Crippen LogP contribution in [0.15, 0.2) is 45.3 Å². The average molecular weight is 354 g/mol. The van der Waals surface area contributed by atoms with E-state index in [1.165, 1.54) is 0 Å². The molecule has 6 heteroatoms. The zero-order valence-electron chi connectivity index (χ0n) is 11.6. The maximum atomic E-state index is 11.8. The number of carbonyl (C=O) groups is 1. The highest BCUT2D eigenvalue weighted by atomic mass is 79.9. The number of nitrogens with one attached hydrogen (secondary N) is 1. The monoisotopic (exact) mass is 353 g/mol. The van der Waals surface area contributed by atoms with Crippen molar-refractivity contribution in [1.29, 1.82) is 0 Å². The number of ether oxygens (including phenoxy) is 2. The van der Waals surface area contributed by atoms with Crippen LogP contribution in [-0.2, 0) is 11.3 Å². The third-order valence-electron chi connectivity index (χ3n) is 2.68. The minimum atomic E-state index is -0.265. The molecule has 0 fully saturated rings. The Morgan fingerprint density at radius 1 is 1.29 bits per heavy atom. The molecule has 0 unspecified atom stereocenters. The fourth-order valence-electron chi connectivity index (χ4n) is 1.64. The van der Waals surface area contributed by atoms with E-state index in [4.69, 9.17) is 13.9 Å². The number of hydrogen-bond acceptors (Lipinski definition) is 4. The second kappa shape index (κ2) is 7.85. The molecule has 0 bridgehead atoms. The molecule has 1 heterocycles. The van der Waals surface area contributed by atoms with Crippen molar-refractivity contribution < 1.29 is 18.7 Å². The fourth-order valence-corrected chi connectivity index (χ4v) is 2.04. The second-order valence-electron chi connectivity index (χ2n) is 4.23. The number of hydrogen-bond donors (Lipinski definition) is 1. The predicted octanol–water partition coefficient (Wildman–Crippen LogP) is 3.00. The lowest BCUT2D eigenvalue weighted by atomic mass is 10.3. The quantitative estimate of drug-likeness (QED) is 0.777. The third kappa shape index (κ3) is 4.61. The Bertz CT molecular complexity index is 597. The number of halogens is 1. The number of benzene rings is 1. The van der Waals surface area contributed by atoms with Gasteiger partial charge in [-0.25, -0.2) is 0 Å². The highest BCUT2D eigenvalue weighted by Gasteiger charge is 2.11. The SMILES string of the molecule is COCCNC(=O)c1ccc(COc2ccccc2Br)o1. The summed E-state index contributed by atoms with van der Waals surface area (Å²) in [4.78, 5) is 11.8. The van der Waals surface area contributed by atoms with Crippen molar-refractivity contribution in [3.8, 4) is 5.75 Å². The van der Waals surface area contributed by atoms with E-state index in [1.807, 2.05) is 24.3 Å². The highest BCUT2D eigenvalue weighted by molar-refractivity contribution is 9.10. The molecule has 0 spiro atoms. The Kier molecular flexibility index (Phi) is 5.83. The van der Waals surface area contributed by atoms with E-state index in [-0.39, 0.29) is 18.3 Å². The molecule has 1 amide bonds. The van der Waals surface area contributed by atoms with Crippen LogP contribution < -0.4 is 10.1 Å². The molecule has 0 aliphatic carbocycles. The molecule has 112 valence electrons. The van der Waals surface area contributed by atoms with Crippen LogP contribution in [0.4, 0.5) is 0 Å². The lowest BCUT2D eigenvalue weighted by molar-refractivity contribution is 0.0905. The highest BCUT2D eigenvalue weighted by Crippen LogP contribution is 2.24. The van der Waals surface area contributed by atoms with Gasteiger partial charge in [-0.15, -0.1) is 0 Å². The molecule has 0 saturated carbocycles. The van der Waals surface area contributed by atoms with Crippen LogP contribution in [0, 0.1) is 0 Å². The molecular weight excluding hydrogens is 338 g/mol. The second-order valence-corrected chi connectivity index (χ2v) is 5.09. The van der Waals surface area contributed by atoms with Crippen molar-refractivity contribution in [2.75, 3.05) is 20.3 Å². The number of rotatable bonds is 7. The van der Waals surface area contributed by atoms with E-state index in [9.17, 15) is 4.79 Å². The van der Waals surface area contributed by atoms with Gasteiger partial charge < -0.3 is 19.2 Å². The summed E-state index contributed by atoms with van der Waals surface area (Å²) in [7, 11) is 1.58. The zero-order chi connectivity index (χ0) is 15.1. The van der Waals surface area contributed by atoms with Gasteiger partial charge in [-0.2, -0.15) is 0 Å². The van der Waals surface area contributed by atoms with Crippen molar-refractivity contribution in [3.05, 3.63) is 52.4 Å². The first-order valence-corrected chi connectivity index (χ1v) is 7.23.